The van der Waals surface area contributed by atoms with Crippen LogP contribution >= 0.6 is 0 Å². The highest BCUT2D eigenvalue weighted by Crippen LogP contribution is 2.44. The van der Waals surface area contributed by atoms with Gasteiger partial charge in [-0.2, -0.15) is 0 Å². The Morgan fingerprint density at radius 1 is 0.576 bits per heavy atom. The number of benzene rings is 2. The summed E-state index contributed by atoms with van der Waals surface area (Å²) in [6, 6.07) is 17.7. The minimum absolute atomic E-state index is 0.906. The van der Waals surface area contributed by atoms with Crippen molar-refractivity contribution in [3.8, 4) is 0 Å². The Morgan fingerprint density at radius 2 is 1.18 bits per heavy atom. The molecule has 0 radical (unpaired) electrons. The Bertz CT molecular complexity index is 905. The maximum absolute atomic E-state index is 3.82. The molecule has 2 aromatic carbocycles. The molecule has 3 nitrogen and oxygen atoms in total. The number of H-pyrrole nitrogens is 1. The Labute approximate surface area is 200 Å². The first-order valence-corrected chi connectivity index (χ1v) is 13.8. The first kappa shape index (κ1) is 22.9. The van der Waals surface area contributed by atoms with Gasteiger partial charge in [0.2, 0.25) is 0 Å². The number of piperidine rings is 2. The van der Waals surface area contributed by atoms with Crippen LogP contribution in [0.25, 0.3) is 21.8 Å². The van der Waals surface area contributed by atoms with E-state index in [0.717, 1.165) is 23.8 Å². The number of rotatable bonds is 0. The second-order valence-electron chi connectivity index (χ2n) is 10.7. The van der Waals surface area contributed by atoms with Gasteiger partial charge in [0.15, 0.2) is 0 Å². The molecular weight excluding hydrogens is 402 g/mol. The average Bonchev–Trinajstić information content (AvgIpc) is 3.29. The third-order valence-corrected chi connectivity index (χ3v) is 8.60. The highest BCUT2D eigenvalue weighted by atomic mass is 14.9. The summed E-state index contributed by atoms with van der Waals surface area (Å²) in [7, 11) is 0. The Balaban J connectivity index is 0.000000112. The molecule has 178 valence electrons. The summed E-state index contributed by atoms with van der Waals surface area (Å²) in [4.78, 5) is 3.38. The lowest BCUT2D eigenvalue weighted by Gasteiger charge is -2.48. The van der Waals surface area contributed by atoms with Crippen LogP contribution in [-0.4, -0.2) is 30.7 Å². The average molecular weight is 446 g/mol. The molecule has 3 heteroatoms. The predicted molar refractivity (Wildman–Crippen MR) is 142 cm³/mol. The van der Waals surface area contributed by atoms with E-state index in [4.69, 9.17) is 0 Å². The van der Waals surface area contributed by atoms with Crippen LogP contribution in [0.1, 0.15) is 70.6 Å². The van der Waals surface area contributed by atoms with E-state index in [1.165, 1.54) is 106 Å². The fourth-order valence-electron chi connectivity index (χ4n) is 6.88. The van der Waals surface area contributed by atoms with E-state index in [0.29, 0.717) is 0 Å². The van der Waals surface area contributed by atoms with E-state index in [1.807, 2.05) is 0 Å². The number of aromatic nitrogens is 1. The van der Waals surface area contributed by atoms with Crippen LogP contribution in [0.3, 0.4) is 0 Å². The fraction of sp³-hybridized carbons (Fsp3) is 0.600. The topological polar surface area (TPSA) is 39.8 Å². The largest absolute Gasteiger partial charge is 0.355 e. The van der Waals surface area contributed by atoms with Crippen LogP contribution < -0.4 is 10.6 Å². The van der Waals surface area contributed by atoms with Gasteiger partial charge in [-0.25, -0.2) is 0 Å². The summed E-state index contributed by atoms with van der Waals surface area (Å²) in [5.41, 5.74) is 2.42. The monoisotopic (exact) mass is 445 g/mol. The molecule has 2 saturated heterocycles. The summed E-state index contributed by atoms with van der Waals surface area (Å²) in [6.45, 7) is 3.84. The van der Waals surface area contributed by atoms with Crippen molar-refractivity contribution in [2.75, 3.05) is 19.6 Å². The maximum Gasteiger partial charge on any atom is 0.0464 e. The molecule has 4 aliphatic rings. The SMILES string of the molecule is C1CCC2C(C1)CNC1CCCCC12.C1CCNCC1.c1ccc2c(c1)[nH]c1ccccc12. The van der Waals surface area contributed by atoms with Gasteiger partial charge < -0.3 is 15.6 Å². The van der Waals surface area contributed by atoms with Crippen LogP contribution in [0.4, 0.5) is 0 Å². The quantitative estimate of drug-likeness (QED) is 0.347. The zero-order valence-electron chi connectivity index (χ0n) is 20.3. The van der Waals surface area contributed by atoms with Gasteiger partial charge in [-0.15, -0.1) is 0 Å². The number of para-hydroxylation sites is 2. The fourth-order valence-corrected chi connectivity index (χ4v) is 6.88. The molecule has 0 bridgehead atoms. The van der Waals surface area contributed by atoms with Crippen molar-refractivity contribution in [1.82, 2.24) is 15.6 Å². The van der Waals surface area contributed by atoms with Crippen molar-refractivity contribution in [2.24, 2.45) is 17.8 Å². The molecule has 1 aromatic heterocycles. The zero-order chi connectivity index (χ0) is 22.3. The number of hydrogen-bond acceptors (Lipinski definition) is 2. The van der Waals surface area contributed by atoms with Gasteiger partial charge in [0.1, 0.15) is 0 Å². The summed E-state index contributed by atoms with van der Waals surface area (Å²) in [5, 5.41) is 9.71. The van der Waals surface area contributed by atoms with Crippen molar-refractivity contribution in [1.29, 1.82) is 0 Å². The van der Waals surface area contributed by atoms with Crippen LogP contribution in [-0.2, 0) is 0 Å². The molecule has 4 unspecified atom stereocenters. The van der Waals surface area contributed by atoms with E-state index in [9.17, 15) is 0 Å². The maximum atomic E-state index is 3.82. The zero-order valence-corrected chi connectivity index (χ0v) is 20.3. The molecule has 0 amide bonds. The smallest absolute Gasteiger partial charge is 0.0464 e. The second-order valence-corrected chi connectivity index (χ2v) is 10.7. The molecule has 7 rings (SSSR count). The first-order valence-electron chi connectivity index (χ1n) is 13.8. The summed E-state index contributed by atoms with van der Waals surface area (Å²) in [6.07, 6.45) is 16.3. The van der Waals surface area contributed by atoms with Crippen LogP contribution in [0.5, 0.6) is 0 Å². The van der Waals surface area contributed by atoms with Gasteiger partial charge in [-0.3, -0.25) is 0 Å². The molecule has 4 atom stereocenters. The minimum Gasteiger partial charge on any atom is -0.355 e. The molecule has 2 aliphatic heterocycles. The Hall–Kier alpha value is -1.84. The summed E-state index contributed by atoms with van der Waals surface area (Å²) in [5.74, 6) is 3.21. The first-order chi connectivity index (χ1) is 16.4. The number of hydrogen-bond donors (Lipinski definition) is 3. The lowest BCUT2D eigenvalue weighted by atomic mass is 9.64. The van der Waals surface area contributed by atoms with E-state index in [1.54, 1.807) is 6.42 Å². The lowest BCUT2D eigenvalue weighted by Crippen LogP contribution is -2.52. The molecular formula is C30H43N3. The molecule has 3 heterocycles. The molecule has 2 saturated carbocycles. The molecule has 33 heavy (non-hydrogen) atoms. The highest BCUT2D eigenvalue weighted by Gasteiger charge is 2.40. The van der Waals surface area contributed by atoms with Crippen LogP contribution in [0.2, 0.25) is 0 Å². The van der Waals surface area contributed by atoms with Gasteiger partial charge in [-0.1, -0.05) is 68.5 Å². The third-order valence-electron chi connectivity index (χ3n) is 8.60. The second kappa shape index (κ2) is 11.5. The van der Waals surface area contributed by atoms with Gasteiger partial charge >= 0.3 is 0 Å². The molecule has 4 fully saturated rings. The van der Waals surface area contributed by atoms with Gasteiger partial charge in [-0.05, 0) is 88.0 Å². The van der Waals surface area contributed by atoms with Crippen molar-refractivity contribution in [3.63, 3.8) is 0 Å². The van der Waals surface area contributed by atoms with Crippen molar-refractivity contribution < 1.29 is 0 Å². The highest BCUT2D eigenvalue weighted by molar-refractivity contribution is 6.06. The summed E-state index contributed by atoms with van der Waals surface area (Å²) >= 11 is 0. The van der Waals surface area contributed by atoms with Crippen LogP contribution in [0, 0.1) is 17.8 Å². The third kappa shape index (κ3) is 5.63. The van der Waals surface area contributed by atoms with Crippen molar-refractivity contribution in [3.05, 3.63) is 48.5 Å². The normalized spacial score (nSPS) is 29.1. The van der Waals surface area contributed by atoms with E-state index < -0.39 is 0 Å². The number of fused-ring (bicyclic) bond motifs is 6. The minimum atomic E-state index is 0.906. The molecule has 0 spiro atoms. The van der Waals surface area contributed by atoms with Crippen LogP contribution in [0.15, 0.2) is 48.5 Å². The lowest BCUT2D eigenvalue weighted by molar-refractivity contribution is 0.0555. The Morgan fingerprint density at radius 3 is 1.82 bits per heavy atom. The standard InChI is InChI=1S/C13H23N.C12H9N.C5H11N/c1-2-6-11-10(5-1)9-14-13-8-4-3-7-12(11)13;1-3-7-11-9(5-1)10-6-2-4-8-12(10)13-11;1-2-4-6-5-3-1/h10-14H,1-9H2;1-8,13H;6H,1-5H2. The predicted octanol–water partition coefficient (Wildman–Crippen LogP) is 7.04. The molecule has 2 aliphatic carbocycles. The number of aromatic amines is 1. The van der Waals surface area contributed by atoms with Crippen molar-refractivity contribution in [2.45, 2.75) is 76.7 Å². The number of nitrogens with one attached hydrogen (secondary N) is 3. The van der Waals surface area contributed by atoms with E-state index >= 15 is 0 Å². The van der Waals surface area contributed by atoms with Gasteiger partial charge in [0, 0.05) is 27.8 Å². The van der Waals surface area contributed by atoms with Gasteiger partial charge in [0.05, 0.1) is 0 Å². The Kier molecular flexibility index (Phi) is 8.01. The van der Waals surface area contributed by atoms with E-state index in [2.05, 4.69) is 64.1 Å². The van der Waals surface area contributed by atoms with Gasteiger partial charge in [0.25, 0.3) is 0 Å². The molecule has 3 N–H and O–H groups in total. The van der Waals surface area contributed by atoms with Crippen molar-refractivity contribution >= 4 is 21.8 Å². The molecule has 3 aromatic rings. The summed E-state index contributed by atoms with van der Waals surface area (Å²) < 4.78 is 0. The van der Waals surface area contributed by atoms with E-state index in [-0.39, 0.29) is 0 Å².